The lowest BCUT2D eigenvalue weighted by molar-refractivity contribution is -0.132. The number of ether oxygens (including phenoxy) is 1. The van der Waals surface area contributed by atoms with E-state index >= 15 is 0 Å². The van der Waals surface area contributed by atoms with Gasteiger partial charge in [-0.15, -0.1) is 0 Å². The van der Waals surface area contributed by atoms with Crippen LogP contribution in [0.1, 0.15) is 26.2 Å². The van der Waals surface area contributed by atoms with Gasteiger partial charge in [-0.3, -0.25) is 4.79 Å². The number of hydrogen-bond acceptors (Lipinski definition) is 3. The Morgan fingerprint density at radius 1 is 1.53 bits per heavy atom. The maximum Gasteiger partial charge on any atom is 0.224 e. The minimum absolute atomic E-state index is 0.221. The Kier molecular flexibility index (Phi) is 3.59. The lowest BCUT2D eigenvalue weighted by Crippen LogP contribution is -2.45. The van der Waals surface area contributed by atoms with Crippen molar-refractivity contribution < 1.29 is 9.53 Å². The molecule has 2 aliphatic rings. The monoisotopic (exact) mass is 212 g/mol. The molecule has 1 amide bonds. The molecule has 86 valence electrons. The zero-order valence-electron chi connectivity index (χ0n) is 9.37. The second-order valence-corrected chi connectivity index (χ2v) is 4.34. The molecule has 0 aromatic rings. The van der Waals surface area contributed by atoms with E-state index in [1.54, 1.807) is 0 Å². The molecule has 1 unspecified atom stereocenters. The Morgan fingerprint density at radius 3 is 2.87 bits per heavy atom. The maximum absolute atomic E-state index is 12.0. The summed E-state index contributed by atoms with van der Waals surface area (Å²) in [7, 11) is 0. The lowest BCUT2D eigenvalue weighted by Gasteiger charge is -2.27. The first kappa shape index (κ1) is 10.9. The number of hydrogen-bond donors (Lipinski definition) is 1. The third-order valence-electron chi connectivity index (χ3n) is 3.07. The number of amides is 1. The molecule has 0 bridgehead atoms. The number of carbonyl (C=O) groups is 1. The minimum Gasteiger partial charge on any atom is -0.378 e. The molecule has 0 radical (unpaired) electrons. The molecule has 1 N–H and O–H groups in total. The molecule has 2 rings (SSSR count). The summed E-state index contributed by atoms with van der Waals surface area (Å²) in [5, 5.41) is 3.32. The number of morpholine rings is 1. The second kappa shape index (κ2) is 4.94. The van der Waals surface area contributed by atoms with Gasteiger partial charge in [-0.05, 0) is 19.8 Å². The Bertz CT molecular complexity index is 223. The van der Waals surface area contributed by atoms with Gasteiger partial charge in [0.2, 0.25) is 5.91 Å². The topological polar surface area (TPSA) is 41.6 Å². The van der Waals surface area contributed by atoms with Gasteiger partial charge in [0, 0.05) is 31.6 Å². The van der Waals surface area contributed by atoms with E-state index in [-0.39, 0.29) is 11.9 Å². The molecule has 1 atom stereocenters. The summed E-state index contributed by atoms with van der Waals surface area (Å²) in [6.45, 7) is 5.21. The average Bonchev–Trinajstić information content (AvgIpc) is 3.04. The summed E-state index contributed by atoms with van der Waals surface area (Å²) < 4.78 is 5.34. The molecule has 15 heavy (non-hydrogen) atoms. The highest BCUT2D eigenvalue weighted by atomic mass is 16.5. The molecule has 1 heterocycles. The molecule has 2 fully saturated rings. The van der Waals surface area contributed by atoms with Crippen LogP contribution in [0.5, 0.6) is 0 Å². The summed E-state index contributed by atoms with van der Waals surface area (Å²) in [4.78, 5) is 14.0. The quantitative estimate of drug-likeness (QED) is 0.732. The van der Waals surface area contributed by atoms with Crippen LogP contribution in [-0.4, -0.2) is 49.2 Å². The van der Waals surface area contributed by atoms with E-state index in [4.69, 9.17) is 4.74 Å². The fourth-order valence-electron chi connectivity index (χ4n) is 2.10. The summed E-state index contributed by atoms with van der Waals surface area (Å²) in [6, 6.07) is 0.756. The van der Waals surface area contributed by atoms with Crippen LogP contribution in [0, 0.1) is 0 Å². The SMILES string of the molecule is CCN(C(=O)CC1COCCN1)C1CC1. The van der Waals surface area contributed by atoms with Crippen molar-refractivity contribution in [2.75, 3.05) is 26.3 Å². The average molecular weight is 212 g/mol. The first-order chi connectivity index (χ1) is 7.31. The molecule has 1 saturated carbocycles. The molecular formula is C11H20N2O2. The molecule has 4 nitrogen and oxygen atoms in total. The Morgan fingerprint density at radius 2 is 2.33 bits per heavy atom. The van der Waals surface area contributed by atoms with Crippen LogP contribution in [0.2, 0.25) is 0 Å². The van der Waals surface area contributed by atoms with Gasteiger partial charge in [-0.2, -0.15) is 0 Å². The molecule has 0 aromatic carbocycles. The lowest BCUT2D eigenvalue weighted by atomic mass is 10.2. The standard InChI is InChI=1S/C11H20N2O2/c1-2-13(10-3-4-10)11(14)7-9-8-15-6-5-12-9/h9-10,12H,2-8H2,1H3. The second-order valence-electron chi connectivity index (χ2n) is 4.34. The molecule has 1 aliphatic carbocycles. The van der Waals surface area contributed by atoms with Crippen molar-refractivity contribution in [2.45, 2.75) is 38.3 Å². The molecule has 1 aliphatic heterocycles. The molecule has 0 aromatic heterocycles. The molecule has 0 spiro atoms. The van der Waals surface area contributed by atoms with Gasteiger partial charge in [0.15, 0.2) is 0 Å². The minimum atomic E-state index is 0.221. The van der Waals surface area contributed by atoms with Crippen LogP contribution < -0.4 is 5.32 Å². The predicted molar refractivity (Wildman–Crippen MR) is 57.6 cm³/mol. The predicted octanol–water partition coefficient (Wildman–Crippen LogP) is 0.376. The van der Waals surface area contributed by atoms with Gasteiger partial charge in [-0.25, -0.2) is 0 Å². The van der Waals surface area contributed by atoms with E-state index in [2.05, 4.69) is 12.2 Å². The van der Waals surface area contributed by atoms with Crippen molar-refractivity contribution in [3.05, 3.63) is 0 Å². The zero-order chi connectivity index (χ0) is 10.7. The van der Waals surface area contributed by atoms with Crippen LogP contribution in [0.3, 0.4) is 0 Å². The zero-order valence-corrected chi connectivity index (χ0v) is 9.37. The van der Waals surface area contributed by atoms with Crippen molar-refractivity contribution in [2.24, 2.45) is 0 Å². The van der Waals surface area contributed by atoms with Crippen molar-refractivity contribution in [3.8, 4) is 0 Å². The highest BCUT2D eigenvalue weighted by Gasteiger charge is 2.32. The summed E-state index contributed by atoms with van der Waals surface area (Å²) in [5.74, 6) is 0.281. The van der Waals surface area contributed by atoms with E-state index in [0.717, 1.165) is 19.7 Å². The van der Waals surface area contributed by atoms with Gasteiger partial charge in [0.25, 0.3) is 0 Å². The van der Waals surface area contributed by atoms with Crippen molar-refractivity contribution in [3.63, 3.8) is 0 Å². The van der Waals surface area contributed by atoms with E-state index in [1.807, 2.05) is 4.90 Å². The first-order valence-electron chi connectivity index (χ1n) is 5.92. The maximum atomic E-state index is 12.0. The van der Waals surface area contributed by atoms with Crippen molar-refractivity contribution in [1.82, 2.24) is 10.2 Å². The molecular weight excluding hydrogens is 192 g/mol. The summed E-state index contributed by atoms with van der Waals surface area (Å²) in [5.41, 5.74) is 0. The van der Waals surface area contributed by atoms with E-state index < -0.39 is 0 Å². The third-order valence-corrected chi connectivity index (χ3v) is 3.07. The smallest absolute Gasteiger partial charge is 0.224 e. The summed E-state index contributed by atoms with van der Waals surface area (Å²) >= 11 is 0. The number of nitrogens with one attached hydrogen (secondary N) is 1. The Hall–Kier alpha value is -0.610. The number of nitrogens with zero attached hydrogens (tertiary/aromatic N) is 1. The van der Waals surface area contributed by atoms with Crippen LogP contribution in [0.25, 0.3) is 0 Å². The highest BCUT2D eigenvalue weighted by Crippen LogP contribution is 2.27. The molecule has 4 heteroatoms. The fraction of sp³-hybridized carbons (Fsp3) is 0.909. The van der Waals surface area contributed by atoms with Gasteiger partial charge in [0.1, 0.15) is 0 Å². The highest BCUT2D eigenvalue weighted by molar-refractivity contribution is 5.77. The normalized spacial score (nSPS) is 26.3. The van der Waals surface area contributed by atoms with Gasteiger partial charge in [-0.1, -0.05) is 0 Å². The third kappa shape index (κ3) is 2.92. The summed E-state index contributed by atoms with van der Waals surface area (Å²) in [6.07, 6.45) is 2.96. The van der Waals surface area contributed by atoms with Gasteiger partial charge >= 0.3 is 0 Å². The van der Waals surface area contributed by atoms with E-state index in [9.17, 15) is 4.79 Å². The number of rotatable bonds is 4. The van der Waals surface area contributed by atoms with Crippen LogP contribution in [0.15, 0.2) is 0 Å². The van der Waals surface area contributed by atoms with Crippen LogP contribution in [0.4, 0.5) is 0 Å². The number of carbonyl (C=O) groups excluding carboxylic acids is 1. The first-order valence-corrected chi connectivity index (χ1v) is 5.92. The van der Waals surface area contributed by atoms with E-state index in [1.165, 1.54) is 12.8 Å². The van der Waals surface area contributed by atoms with Crippen LogP contribution in [-0.2, 0) is 9.53 Å². The van der Waals surface area contributed by atoms with Gasteiger partial charge in [0.05, 0.1) is 13.2 Å². The van der Waals surface area contributed by atoms with Crippen molar-refractivity contribution in [1.29, 1.82) is 0 Å². The van der Waals surface area contributed by atoms with E-state index in [0.29, 0.717) is 19.1 Å². The van der Waals surface area contributed by atoms with Crippen molar-refractivity contribution >= 4 is 5.91 Å². The largest absolute Gasteiger partial charge is 0.378 e. The Balaban J connectivity index is 1.78. The van der Waals surface area contributed by atoms with Gasteiger partial charge < -0.3 is 15.0 Å². The molecule has 1 saturated heterocycles. The fourth-order valence-corrected chi connectivity index (χ4v) is 2.10. The Labute approximate surface area is 91.0 Å². The van der Waals surface area contributed by atoms with Crippen LogP contribution >= 0.6 is 0 Å².